The van der Waals surface area contributed by atoms with Gasteiger partial charge in [0.1, 0.15) is 0 Å². The number of nitrogens with zero attached hydrogens (tertiary/aromatic N) is 6. The topological polar surface area (TPSA) is 96.2 Å². The lowest BCUT2D eigenvalue weighted by molar-refractivity contribution is -0.141. The second-order valence-corrected chi connectivity index (χ2v) is 7.32. The summed E-state index contributed by atoms with van der Waals surface area (Å²) in [5, 5.41) is 7.78. The fourth-order valence-corrected chi connectivity index (χ4v) is 3.86. The lowest BCUT2D eigenvalue weighted by Gasteiger charge is -2.35. The van der Waals surface area contributed by atoms with Crippen molar-refractivity contribution in [2.75, 3.05) is 25.0 Å². The van der Waals surface area contributed by atoms with Gasteiger partial charge in [0.05, 0.1) is 31.0 Å². The Morgan fingerprint density at radius 2 is 1.86 bits per heavy atom. The first kappa shape index (κ1) is 18.4. The second kappa shape index (κ2) is 7.95. The molecule has 2 aromatic heterocycles. The molecular weight excluding hydrogens is 358 g/mol. The first-order chi connectivity index (χ1) is 13.6. The van der Waals surface area contributed by atoms with E-state index >= 15 is 0 Å². The van der Waals surface area contributed by atoms with E-state index in [2.05, 4.69) is 20.4 Å². The third-order valence-corrected chi connectivity index (χ3v) is 5.44. The SMILES string of the molecule is CC(=O)N1CCC(C(=O)N2CCn3nc(CNc4ncccn4)cc3C2)CC1. The molecule has 0 aromatic carbocycles. The Kier molecular flexibility index (Phi) is 5.23. The van der Waals surface area contributed by atoms with E-state index in [9.17, 15) is 9.59 Å². The van der Waals surface area contributed by atoms with Crippen molar-refractivity contribution in [3.63, 3.8) is 0 Å². The summed E-state index contributed by atoms with van der Waals surface area (Å²) >= 11 is 0. The number of hydrogen-bond donors (Lipinski definition) is 1. The van der Waals surface area contributed by atoms with Crippen LogP contribution >= 0.6 is 0 Å². The molecule has 0 aliphatic carbocycles. The van der Waals surface area contributed by atoms with Gasteiger partial charge in [-0.15, -0.1) is 0 Å². The maximum Gasteiger partial charge on any atom is 0.226 e. The van der Waals surface area contributed by atoms with Gasteiger partial charge in [-0.25, -0.2) is 9.97 Å². The average molecular weight is 383 g/mol. The summed E-state index contributed by atoms with van der Waals surface area (Å²) in [6.07, 6.45) is 4.89. The van der Waals surface area contributed by atoms with Gasteiger partial charge in [0.2, 0.25) is 17.8 Å². The van der Waals surface area contributed by atoms with E-state index in [1.54, 1.807) is 25.4 Å². The highest BCUT2D eigenvalue weighted by molar-refractivity contribution is 5.79. The van der Waals surface area contributed by atoms with E-state index < -0.39 is 0 Å². The monoisotopic (exact) mass is 383 g/mol. The lowest BCUT2D eigenvalue weighted by Crippen LogP contribution is -2.46. The number of piperidine rings is 1. The minimum absolute atomic E-state index is 0.0152. The van der Waals surface area contributed by atoms with Crippen molar-refractivity contribution >= 4 is 17.8 Å². The van der Waals surface area contributed by atoms with E-state index in [4.69, 9.17) is 0 Å². The number of carbonyl (C=O) groups is 2. The molecule has 2 aliphatic heterocycles. The third kappa shape index (κ3) is 3.97. The van der Waals surface area contributed by atoms with Crippen LogP contribution in [-0.4, -0.2) is 61.0 Å². The van der Waals surface area contributed by atoms with E-state index in [0.29, 0.717) is 45.2 Å². The maximum absolute atomic E-state index is 12.9. The zero-order valence-electron chi connectivity index (χ0n) is 16.0. The Bertz CT molecular complexity index is 843. The highest BCUT2D eigenvalue weighted by Crippen LogP contribution is 2.23. The molecular formula is C19H25N7O2. The van der Waals surface area contributed by atoms with Crippen molar-refractivity contribution in [2.24, 2.45) is 5.92 Å². The first-order valence-corrected chi connectivity index (χ1v) is 9.71. The zero-order valence-corrected chi connectivity index (χ0v) is 16.0. The van der Waals surface area contributed by atoms with Gasteiger partial charge >= 0.3 is 0 Å². The van der Waals surface area contributed by atoms with Gasteiger partial charge in [-0.2, -0.15) is 5.10 Å². The van der Waals surface area contributed by atoms with Crippen LogP contribution in [0.2, 0.25) is 0 Å². The lowest BCUT2D eigenvalue weighted by atomic mass is 9.95. The van der Waals surface area contributed by atoms with Crippen molar-refractivity contribution in [1.82, 2.24) is 29.5 Å². The van der Waals surface area contributed by atoms with Crippen molar-refractivity contribution in [1.29, 1.82) is 0 Å². The standard InChI is InChI=1S/C19H25N7O2/c1-14(27)24-7-3-15(4-8-24)18(28)25-9-10-26-17(13-25)11-16(23-26)12-22-19-20-5-2-6-21-19/h2,5-6,11,15H,3-4,7-10,12-13H2,1H3,(H,20,21,22). The number of anilines is 1. The minimum atomic E-state index is 0.0152. The van der Waals surface area contributed by atoms with Gasteiger partial charge in [0.25, 0.3) is 0 Å². The third-order valence-electron chi connectivity index (χ3n) is 5.44. The van der Waals surface area contributed by atoms with Crippen LogP contribution in [0.5, 0.6) is 0 Å². The fraction of sp³-hybridized carbons (Fsp3) is 0.526. The van der Waals surface area contributed by atoms with E-state index in [1.807, 2.05) is 20.5 Å². The molecule has 0 saturated carbocycles. The van der Waals surface area contributed by atoms with E-state index in [-0.39, 0.29) is 17.7 Å². The van der Waals surface area contributed by atoms with Crippen LogP contribution in [0.1, 0.15) is 31.2 Å². The van der Waals surface area contributed by atoms with Crippen LogP contribution in [0.15, 0.2) is 24.5 Å². The molecule has 0 atom stereocenters. The van der Waals surface area contributed by atoms with Gasteiger partial charge in [0.15, 0.2) is 0 Å². The van der Waals surface area contributed by atoms with Gasteiger partial charge in [-0.1, -0.05) is 0 Å². The summed E-state index contributed by atoms with van der Waals surface area (Å²) in [5.74, 6) is 0.881. The summed E-state index contributed by atoms with van der Waals surface area (Å²) in [5.41, 5.74) is 1.96. The van der Waals surface area contributed by atoms with Crippen LogP contribution in [0, 0.1) is 5.92 Å². The molecule has 1 fully saturated rings. The smallest absolute Gasteiger partial charge is 0.226 e. The molecule has 2 amide bonds. The van der Waals surface area contributed by atoms with Crippen LogP contribution in [0.4, 0.5) is 5.95 Å². The summed E-state index contributed by atoms with van der Waals surface area (Å²) in [6.45, 7) is 5.44. The zero-order chi connectivity index (χ0) is 19.5. The van der Waals surface area contributed by atoms with Crippen LogP contribution < -0.4 is 5.32 Å². The number of fused-ring (bicyclic) bond motifs is 1. The summed E-state index contributed by atoms with van der Waals surface area (Å²) in [7, 11) is 0. The largest absolute Gasteiger partial charge is 0.348 e. The molecule has 0 unspecified atom stereocenters. The normalized spacial score (nSPS) is 17.3. The molecule has 9 heteroatoms. The Morgan fingerprint density at radius 1 is 1.11 bits per heavy atom. The number of aromatic nitrogens is 4. The minimum Gasteiger partial charge on any atom is -0.348 e. The molecule has 0 spiro atoms. The van der Waals surface area contributed by atoms with Gasteiger partial charge in [-0.05, 0) is 25.0 Å². The Hall–Kier alpha value is -2.97. The number of likely N-dealkylation sites (tertiary alicyclic amines) is 1. The number of carbonyl (C=O) groups excluding carboxylic acids is 2. The maximum atomic E-state index is 12.9. The number of amides is 2. The van der Waals surface area contributed by atoms with Crippen molar-refractivity contribution < 1.29 is 9.59 Å². The molecule has 2 aromatic rings. The average Bonchev–Trinajstić information content (AvgIpc) is 3.14. The molecule has 0 radical (unpaired) electrons. The number of hydrogen-bond acceptors (Lipinski definition) is 6. The molecule has 4 rings (SSSR count). The van der Waals surface area contributed by atoms with Crippen LogP contribution in [0.3, 0.4) is 0 Å². The molecule has 148 valence electrons. The molecule has 4 heterocycles. The highest BCUT2D eigenvalue weighted by Gasteiger charge is 2.31. The predicted molar refractivity (Wildman–Crippen MR) is 102 cm³/mol. The van der Waals surface area contributed by atoms with Crippen LogP contribution in [-0.2, 0) is 29.2 Å². The summed E-state index contributed by atoms with van der Waals surface area (Å²) in [6, 6.07) is 3.81. The summed E-state index contributed by atoms with van der Waals surface area (Å²) in [4.78, 5) is 36.4. The van der Waals surface area contributed by atoms with Gasteiger partial charge in [0, 0.05) is 44.9 Å². The van der Waals surface area contributed by atoms with E-state index in [0.717, 1.165) is 24.2 Å². The number of nitrogens with one attached hydrogen (secondary N) is 1. The molecule has 1 N–H and O–H groups in total. The fourth-order valence-electron chi connectivity index (χ4n) is 3.86. The van der Waals surface area contributed by atoms with Gasteiger partial charge in [-0.3, -0.25) is 14.3 Å². The molecule has 2 aliphatic rings. The molecule has 9 nitrogen and oxygen atoms in total. The first-order valence-electron chi connectivity index (χ1n) is 9.71. The molecule has 0 bridgehead atoms. The Balaban J connectivity index is 1.34. The number of rotatable bonds is 4. The van der Waals surface area contributed by atoms with Crippen molar-refractivity contribution in [2.45, 2.75) is 39.4 Å². The predicted octanol–water partition coefficient (Wildman–Crippen LogP) is 0.886. The Labute approximate surface area is 163 Å². The quantitative estimate of drug-likeness (QED) is 0.842. The van der Waals surface area contributed by atoms with Gasteiger partial charge < -0.3 is 15.1 Å². The van der Waals surface area contributed by atoms with Crippen molar-refractivity contribution in [3.8, 4) is 0 Å². The highest BCUT2D eigenvalue weighted by atomic mass is 16.2. The second-order valence-electron chi connectivity index (χ2n) is 7.32. The van der Waals surface area contributed by atoms with E-state index in [1.165, 1.54) is 0 Å². The molecule has 28 heavy (non-hydrogen) atoms. The van der Waals surface area contributed by atoms with Crippen LogP contribution in [0.25, 0.3) is 0 Å². The van der Waals surface area contributed by atoms with Crippen molar-refractivity contribution in [3.05, 3.63) is 35.9 Å². The summed E-state index contributed by atoms with van der Waals surface area (Å²) < 4.78 is 1.98. The Morgan fingerprint density at radius 3 is 2.57 bits per heavy atom. The molecule has 1 saturated heterocycles.